The van der Waals surface area contributed by atoms with E-state index in [1.807, 2.05) is 12.3 Å². The Labute approximate surface area is 87.0 Å². The molecule has 1 heterocycles. The summed E-state index contributed by atoms with van der Waals surface area (Å²) < 4.78 is 0. The second-order valence-electron chi connectivity index (χ2n) is 3.25. The van der Waals surface area contributed by atoms with Gasteiger partial charge in [-0.15, -0.1) is 11.3 Å². The van der Waals surface area contributed by atoms with Crippen LogP contribution in [0.15, 0.2) is 5.38 Å². The van der Waals surface area contributed by atoms with Crippen molar-refractivity contribution in [3.8, 4) is 0 Å². The zero-order valence-corrected chi connectivity index (χ0v) is 9.10. The summed E-state index contributed by atoms with van der Waals surface area (Å²) in [5, 5.41) is 14.7. The van der Waals surface area contributed by atoms with E-state index in [0.717, 1.165) is 10.7 Å². The fourth-order valence-corrected chi connectivity index (χ4v) is 1.71. The van der Waals surface area contributed by atoms with Crippen LogP contribution in [-0.4, -0.2) is 22.6 Å². The van der Waals surface area contributed by atoms with Crippen LogP contribution in [0.5, 0.6) is 0 Å². The molecule has 0 saturated heterocycles. The molecule has 0 spiro atoms. The van der Waals surface area contributed by atoms with Gasteiger partial charge in [-0.25, -0.2) is 4.98 Å². The summed E-state index contributed by atoms with van der Waals surface area (Å²) in [6.07, 6.45) is 0. The topological polar surface area (TPSA) is 62.2 Å². The predicted molar refractivity (Wildman–Crippen MR) is 55.4 cm³/mol. The Hall–Kier alpha value is -0.940. The number of aryl methyl sites for hydroxylation is 1. The number of hydrogen-bond donors (Lipinski definition) is 2. The maximum Gasteiger partial charge on any atom is 0.307 e. The SMILES string of the molecule is Cc1csc(CNCC(C)C(=O)O)n1. The molecule has 78 valence electrons. The molecule has 0 aromatic carbocycles. The molecular weight excluding hydrogens is 200 g/mol. The summed E-state index contributed by atoms with van der Waals surface area (Å²) in [5.74, 6) is -1.12. The van der Waals surface area contributed by atoms with Gasteiger partial charge in [-0.2, -0.15) is 0 Å². The van der Waals surface area contributed by atoms with E-state index in [1.165, 1.54) is 0 Å². The summed E-state index contributed by atoms with van der Waals surface area (Å²) in [5.41, 5.74) is 1.01. The highest BCUT2D eigenvalue weighted by Gasteiger charge is 2.09. The second-order valence-corrected chi connectivity index (χ2v) is 4.20. The fourth-order valence-electron chi connectivity index (χ4n) is 0.967. The lowest BCUT2D eigenvalue weighted by molar-refractivity contribution is -0.140. The van der Waals surface area contributed by atoms with Crippen molar-refractivity contribution in [1.82, 2.24) is 10.3 Å². The summed E-state index contributed by atoms with van der Waals surface area (Å²) in [7, 11) is 0. The van der Waals surface area contributed by atoms with E-state index < -0.39 is 5.97 Å². The lowest BCUT2D eigenvalue weighted by Crippen LogP contribution is -2.25. The maximum absolute atomic E-state index is 10.5. The molecule has 1 rings (SSSR count). The number of nitrogens with one attached hydrogen (secondary N) is 1. The Morgan fingerprint density at radius 3 is 3.00 bits per heavy atom. The molecule has 4 nitrogen and oxygen atoms in total. The normalized spacial score (nSPS) is 12.7. The maximum atomic E-state index is 10.5. The highest BCUT2D eigenvalue weighted by atomic mass is 32.1. The molecule has 14 heavy (non-hydrogen) atoms. The molecule has 0 aliphatic rings. The van der Waals surface area contributed by atoms with Crippen molar-refractivity contribution in [3.63, 3.8) is 0 Å². The smallest absolute Gasteiger partial charge is 0.307 e. The van der Waals surface area contributed by atoms with Crippen molar-refractivity contribution in [2.75, 3.05) is 6.54 Å². The number of carbonyl (C=O) groups is 1. The van der Waals surface area contributed by atoms with Gasteiger partial charge in [0.05, 0.1) is 5.92 Å². The summed E-state index contributed by atoms with van der Waals surface area (Å²) in [6.45, 7) is 4.76. The van der Waals surface area contributed by atoms with Crippen LogP contribution in [0.3, 0.4) is 0 Å². The number of carboxylic acids is 1. The van der Waals surface area contributed by atoms with E-state index in [0.29, 0.717) is 13.1 Å². The third-order valence-electron chi connectivity index (χ3n) is 1.81. The summed E-state index contributed by atoms with van der Waals surface area (Å²) >= 11 is 1.59. The monoisotopic (exact) mass is 214 g/mol. The van der Waals surface area contributed by atoms with Crippen LogP contribution < -0.4 is 5.32 Å². The van der Waals surface area contributed by atoms with Crippen LogP contribution in [0.4, 0.5) is 0 Å². The van der Waals surface area contributed by atoms with E-state index in [-0.39, 0.29) is 5.92 Å². The number of rotatable bonds is 5. The lowest BCUT2D eigenvalue weighted by Gasteiger charge is -2.05. The second kappa shape index (κ2) is 5.07. The number of hydrogen-bond acceptors (Lipinski definition) is 4. The van der Waals surface area contributed by atoms with Crippen LogP contribution in [0, 0.1) is 12.8 Å². The number of aliphatic carboxylic acids is 1. The lowest BCUT2D eigenvalue weighted by atomic mass is 10.2. The number of carboxylic acid groups (broad SMARTS) is 1. The van der Waals surface area contributed by atoms with Crippen LogP contribution in [0.25, 0.3) is 0 Å². The first-order valence-corrected chi connectivity index (χ1v) is 5.32. The molecule has 1 aromatic heterocycles. The summed E-state index contributed by atoms with van der Waals surface area (Å²) in [6, 6.07) is 0. The van der Waals surface area contributed by atoms with E-state index in [9.17, 15) is 4.79 Å². The van der Waals surface area contributed by atoms with Crippen molar-refractivity contribution >= 4 is 17.3 Å². The van der Waals surface area contributed by atoms with Crippen molar-refractivity contribution in [1.29, 1.82) is 0 Å². The molecule has 1 unspecified atom stereocenters. The average molecular weight is 214 g/mol. The van der Waals surface area contributed by atoms with Gasteiger partial charge in [-0.3, -0.25) is 4.79 Å². The number of thiazole rings is 1. The van der Waals surface area contributed by atoms with Gasteiger partial charge < -0.3 is 10.4 Å². The van der Waals surface area contributed by atoms with Crippen LogP contribution in [0.1, 0.15) is 17.6 Å². The van der Waals surface area contributed by atoms with Crippen LogP contribution in [-0.2, 0) is 11.3 Å². The molecule has 0 amide bonds. The van der Waals surface area contributed by atoms with Crippen LogP contribution >= 0.6 is 11.3 Å². The zero-order valence-electron chi connectivity index (χ0n) is 8.28. The minimum Gasteiger partial charge on any atom is -0.481 e. The molecule has 0 radical (unpaired) electrons. The third-order valence-corrected chi connectivity index (χ3v) is 2.78. The molecule has 1 aromatic rings. The van der Waals surface area contributed by atoms with Gasteiger partial charge >= 0.3 is 5.97 Å². The molecule has 0 aliphatic heterocycles. The van der Waals surface area contributed by atoms with Gasteiger partial charge in [0.2, 0.25) is 0 Å². The van der Waals surface area contributed by atoms with Crippen molar-refractivity contribution in [2.45, 2.75) is 20.4 Å². The molecule has 1 atom stereocenters. The van der Waals surface area contributed by atoms with E-state index >= 15 is 0 Å². The molecule has 5 heteroatoms. The molecule has 0 fully saturated rings. The minimum atomic E-state index is -0.771. The van der Waals surface area contributed by atoms with Gasteiger partial charge in [-0.1, -0.05) is 6.92 Å². The third kappa shape index (κ3) is 3.43. The zero-order chi connectivity index (χ0) is 10.6. The van der Waals surface area contributed by atoms with E-state index in [2.05, 4.69) is 10.3 Å². The predicted octanol–water partition coefficient (Wildman–Crippen LogP) is 1.26. The molecule has 0 aliphatic carbocycles. The Morgan fingerprint density at radius 1 is 1.79 bits per heavy atom. The minimum absolute atomic E-state index is 0.351. The molecule has 0 saturated carbocycles. The van der Waals surface area contributed by atoms with Gasteiger partial charge in [0.25, 0.3) is 0 Å². The quantitative estimate of drug-likeness (QED) is 0.774. The van der Waals surface area contributed by atoms with Crippen LogP contribution in [0.2, 0.25) is 0 Å². The molecule has 2 N–H and O–H groups in total. The van der Waals surface area contributed by atoms with Gasteiger partial charge in [0.1, 0.15) is 5.01 Å². The van der Waals surface area contributed by atoms with Crippen molar-refractivity contribution in [2.24, 2.45) is 5.92 Å². The number of aromatic nitrogens is 1. The number of nitrogens with zero attached hydrogens (tertiary/aromatic N) is 1. The van der Waals surface area contributed by atoms with E-state index in [1.54, 1.807) is 18.3 Å². The first kappa shape index (κ1) is 11.1. The first-order valence-electron chi connectivity index (χ1n) is 4.44. The van der Waals surface area contributed by atoms with Gasteiger partial charge in [0.15, 0.2) is 0 Å². The summed E-state index contributed by atoms with van der Waals surface area (Å²) in [4.78, 5) is 14.8. The Kier molecular flexibility index (Phi) is 4.03. The average Bonchev–Trinajstić information content (AvgIpc) is 2.51. The largest absolute Gasteiger partial charge is 0.481 e. The molecular formula is C9H14N2O2S. The van der Waals surface area contributed by atoms with E-state index in [4.69, 9.17) is 5.11 Å². The first-order chi connectivity index (χ1) is 6.59. The Balaban J connectivity index is 2.25. The molecule has 0 bridgehead atoms. The van der Waals surface area contributed by atoms with Crippen molar-refractivity contribution < 1.29 is 9.90 Å². The van der Waals surface area contributed by atoms with Gasteiger partial charge in [0, 0.05) is 24.2 Å². The van der Waals surface area contributed by atoms with Gasteiger partial charge in [-0.05, 0) is 6.92 Å². The fraction of sp³-hybridized carbons (Fsp3) is 0.556. The standard InChI is InChI=1S/C9H14N2O2S/c1-6(9(12)13)3-10-4-8-11-7(2)5-14-8/h5-6,10H,3-4H2,1-2H3,(H,12,13). The Bertz CT molecular complexity index is 312. The highest BCUT2D eigenvalue weighted by molar-refractivity contribution is 7.09. The van der Waals surface area contributed by atoms with Crippen molar-refractivity contribution in [3.05, 3.63) is 16.1 Å². The highest BCUT2D eigenvalue weighted by Crippen LogP contribution is 2.07. The Morgan fingerprint density at radius 2 is 2.50 bits per heavy atom.